The molecule has 0 saturated heterocycles. The maximum Gasteiger partial charge on any atom is 0.232 e. The molecular formula is C15H14O7. The van der Waals surface area contributed by atoms with Gasteiger partial charge >= 0.3 is 0 Å². The van der Waals surface area contributed by atoms with Crippen molar-refractivity contribution in [3.63, 3.8) is 0 Å². The minimum absolute atomic E-state index is 0.123. The molecule has 0 aromatic heterocycles. The fourth-order valence-corrected chi connectivity index (χ4v) is 2.77. The third-order valence-electron chi connectivity index (χ3n) is 3.87. The first-order chi connectivity index (χ1) is 10.3. The first-order valence-electron chi connectivity index (χ1n) is 6.57. The van der Waals surface area contributed by atoms with E-state index in [4.69, 9.17) is 9.47 Å². The number of methoxy groups -OCH3 is 1. The summed E-state index contributed by atoms with van der Waals surface area (Å²) in [6.07, 6.45) is 0.846. The van der Waals surface area contributed by atoms with Gasteiger partial charge in [0.05, 0.1) is 24.8 Å². The van der Waals surface area contributed by atoms with Gasteiger partial charge in [-0.3, -0.25) is 9.59 Å². The summed E-state index contributed by atoms with van der Waals surface area (Å²) >= 11 is 0. The van der Waals surface area contributed by atoms with Gasteiger partial charge in [-0.25, -0.2) is 0 Å². The summed E-state index contributed by atoms with van der Waals surface area (Å²) in [5, 5.41) is 30.7. The molecule has 0 radical (unpaired) electrons. The van der Waals surface area contributed by atoms with Crippen molar-refractivity contribution in [2.45, 2.75) is 25.7 Å². The molecule has 7 nitrogen and oxygen atoms in total. The Labute approximate surface area is 125 Å². The first kappa shape index (κ1) is 14.6. The summed E-state index contributed by atoms with van der Waals surface area (Å²) < 4.78 is 10.0. The Kier molecular flexibility index (Phi) is 3.01. The molecule has 0 fully saturated rings. The SMILES string of the molecule is COC1=CC(=O)c2c(O)c3c(c(O)c2C1=O)C[C@@](C)(O)OC3. The van der Waals surface area contributed by atoms with Crippen LogP contribution in [0.1, 0.15) is 38.8 Å². The number of hydrogen-bond acceptors (Lipinski definition) is 7. The zero-order valence-electron chi connectivity index (χ0n) is 12.0. The zero-order chi connectivity index (χ0) is 16.2. The number of fused-ring (bicyclic) bond motifs is 2. The molecule has 3 N–H and O–H groups in total. The van der Waals surface area contributed by atoms with Gasteiger partial charge in [0.2, 0.25) is 5.78 Å². The number of aromatic hydroxyl groups is 2. The number of carbonyl (C=O) groups is 2. The molecule has 7 heteroatoms. The number of phenolic OH excluding ortho intramolecular Hbond substituents is 2. The van der Waals surface area contributed by atoms with Gasteiger partial charge < -0.3 is 24.8 Å². The van der Waals surface area contributed by atoms with Crippen molar-refractivity contribution in [1.29, 1.82) is 0 Å². The molecule has 22 heavy (non-hydrogen) atoms. The lowest BCUT2D eigenvalue weighted by molar-refractivity contribution is -0.204. The first-order valence-corrected chi connectivity index (χ1v) is 6.57. The summed E-state index contributed by atoms with van der Waals surface area (Å²) in [6, 6.07) is 0. The molecule has 0 saturated carbocycles. The van der Waals surface area contributed by atoms with Crippen LogP contribution in [-0.2, 0) is 22.5 Å². The van der Waals surface area contributed by atoms with E-state index in [1.807, 2.05) is 0 Å². The van der Waals surface area contributed by atoms with Gasteiger partial charge in [0, 0.05) is 23.6 Å². The highest BCUT2D eigenvalue weighted by Gasteiger charge is 2.39. The number of carbonyl (C=O) groups excluding carboxylic acids is 2. The largest absolute Gasteiger partial charge is 0.507 e. The van der Waals surface area contributed by atoms with Crippen LogP contribution in [0.3, 0.4) is 0 Å². The molecule has 0 bridgehead atoms. The number of aliphatic hydroxyl groups is 1. The quantitative estimate of drug-likeness (QED) is 0.657. The molecule has 1 aromatic rings. The summed E-state index contributed by atoms with van der Waals surface area (Å²) in [5.41, 5.74) is -0.199. The summed E-state index contributed by atoms with van der Waals surface area (Å²) in [4.78, 5) is 24.4. The highest BCUT2D eigenvalue weighted by atomic mass is 16.6. The van der Waals surface area contributed by atoms with E-state index in [-0.39, 0.29) is 41.0 Å². The minimum atomic E-state index is -1.53. The fraction of sp³-hybridized carbons (Fsp3) is 0.333. The summed E-state index contributed by atoms with van der Waals surface area (Å²) in [5.74, 6) is -3.94. The van der Waals surface area contributed by atoms with Gasteiger partial charge in [-0.1, -0.05) is 0 Å². The van der Waals surface area contributed by atoms with Crippen molar-refractivity contribution in [2.24, 2.45) is 0 Å². The van der Waals surface area contributed by atoms with E-state index >= 15 is 0 Å². The maximum atomic E-state index is 12.3. The van der Waals surface area contributed by atoms with E-state index in [2.05, 4.69) is 0 Å². The monoisotopic (exact) mass is 306 g/mol. The number of Topliss-reactive ketones (excluding diaryl/α,β-unsaturated/α-hetero) is 1. The molecule has 1 aliphatic heterocycles. The molecule has 0 spiro atoms. The number of rotatable bonds is 1. The number of benzene rings is 1. The molecule has 1 aromatic carbocycles. The van der Waals surface area contributed by atoms with Crippen LogP contribution in [0.15, 0.2) is 11.8 Å². The second-order valence-corrected chi connectivity index (χ2v) is 5.45. The lowest BCUT2D eigenvalue weighted by Gasteiger charge is -2.32. The summed E-state index contributed by atoms with van der Waals surface area (Å²) in [6.45, 7) is 1.22. The van der Waals surface area contributed by atoms with Gasteiger partial charge in [0.1, 0.15) is 11.5 Å². The van der Waals surface area contributed by atoms with Crippen LogP contribution in [0.4, 0.5) is 0 Å². The number of ketones is 2. The number of phenols is 2. The third kappa shape index (κ3) is 1.90. The van der Waals surface area contributed by atoms with E-state index in [1.54, 1.807) is 0 Å². The van der Waals surface area contributed by atoms with Crippen molar-refractivity contribution < 1.29 is 34.4 Å². The van der Waals surface area contributed by atoms with E-state index in [0.717, 1.165) is 6.08 Å². The Hall–Kier alpha value is -2.38. The van der Waals surface area contributed by atoms with Crippen LogP contribution < -0.4 is 0 Å². The Balaban J connectivity index is 2.30. The standard InChI is InChI=1S/C15H14O7/c1-15(20)4-6-7(5-22-15)13(18)10-8(16)3-9(21-2)14(19)11(10)12(6)17/h3,17-18,20H,4-5H2,1-2H3/t15-/m0/s1. The van der Waals surface area contributed by atoms with Crippen LogP contribution in [-0.4, -0.2) is 39.8 Å². The zero-order valence-corrected chi connectivity index (χ0v) is 12.0. The molecule has 2 aliphatic rings. The predicted molar refractivity (Wildman–Crippen MR) is 72.6 cm³/mol. The Morgan fingerprint density at radius 3 is 2.45 bits per heavy atom. The van der Waals surface area contributed by atoms with Crippen molar-refractivity contribution in [3.05, 3.63) is 34.1 Å². The average Bonchev–Trinajstić information content (AvgIpc) is 2.45. The molecular weight excluding hydrogens is 292 g/mol. The van der Waals surface area contributed by atoms with E-state index in [0.29, 0.717) is 0 Å². The van der Waals surface area contributed by atoms with Crippen molar-refractivity contribution in [2.75, 3.05) is 7.11 Å². The molecule has 116 valence electrons. The number of ether oxygens (including phenoxy) is 2. The second kappa shape index (κ2) is 4.56. The smallest absolute Gasteiger partial charge is 0.232 e. The molecule has 1 heterocycles. The van der Waals surface area contributed by atoms with Crippen LogP contribution in [0.5, 0.6) is 11.5 Å². The lowest BCUT2D eigenvalue weighted by Crippen LogP contribution is -2.35. The molecule has 1 atom stereocenters. The Morgan fingerprint density at radius 1 is 1.18 bits per heavy atom. The normalized spacial score (nSPS) is 23.7. The Bertz CT molecular complexity index is 743. The maximum absolute atomic E-state index is 12.3. The number of allylic oxidation sites excluding steroid dienone is 2. The minimum Gasteiger partial charge on any atom is -0.507 e. The average molecular weight is 306 g/mol. The molecule has 3 rings (SSSR count). The highest BCUT2D eigenvalue weighted by Crippen LogP contribution is 2.45. The Morgan fingerprint density at radius 2 is 1.82 bits per heavy atom. The lowest BCUT2D eigenvalue weighted by atomic mass is 9.84. The summed E-state index contributed by atoms with van der Waals surface area (Å²) in [7, 11) is 1.23. The van der Waals surface area contributed by atoms with E-state index < -0.39 is 28.9 Å². The number of hydrogen-bond donors (Lipinski definition) is 3. The molecule has 0 amide bonds. The van der Waals surface area contributed by atoms with Gasteiger partial charge in [-0.2, -0.15) is 0 Å². The van der Waals surface area contributed by atoms with Gasteiger partial charge in [-0.15, -0.1) is 0 Å². The highest BCUT2D eigenvalue weighted by molar-refractivity contribution is 6.26. The van der Waals surface area contributed by atoms with E-state index in [1.165, 1.54) is 14.0 Å². The second-order valence-electron chi connectivity index (χ2n) is 5.45. The van der Waals surface area contributed by atoms with Crippen LogP contribution in [0.25, 0.3) is 0 Å². The van der Waals surface area contributed by atoms with Crippen LogP contribution in [0, 0.1) is 0 Å². The van der Waals surface area contributed by atoms with Gasteiger partial charge in [0.25, 0.3) is 0 Å². The van der Waals surface area contributed by atoms with Crippen molar-refractivity contribution >= 4 is 11.6 Å². The van der Waals surface area contributed by atoms with Crippen LogP contribution in [0.2, 0.25) is 0 Å². The van der Waals surface area contributed by atoms with Crippen molar-refractivity contribution in [3.8, 4) is 11.5 Å². The van der Waals surface area contributed by atoms with Crippen molar-refractivity contribution in [1.82, 2.24) is 0 Å². The van der Waals surface area contributed by atoms with E-state index in [9.17, 15) is 24.9 Å². The van der Waals surface area contributed by atoms with Crippen LogP contribution >= 0.6 is 0 Å². The third-order valence-corrected chi connectivity index (χ3v) is 3.87. The van der Waals surface area contributed by atoms with Gasteiger partial charge in [-0.05, 0) is 6.92 Å². The predicted octanol–water partition coefficient (Wildman–Crippen LogP) is 0.788. The molecule has 0 unspecified atom stereocenters. The molecule has 1 aliphatic carbocycles. The van der Waals surface area contributed by atoms with Gasteiger partial charge in [0.15, 0.2) is 17.3 Å². The topological polar surface area (TPSA) is 113 Å². The fourth-order valence-electron chi connectivity index (χ4n) is 2.77.